The summed E-state index contributed by atoms with van der Waals surface area (Å²) < 4.78 is 2.39. The van der Waals surface area contributed by atoms with Crippen molar-refractivity contribution in [3.05, 3.63) is 51.2 Å². The summed E-state index contributed by atoms with van der Waals surface area (Å²) in [6, 6.07) is 6.86. The van der Waals surface area contributed by atoms with E-state index in [1.165, 1.54) is 0 Å². The van der Waals surface area contributed by atoms with Crippen LogP contribution in [0.4, 0.5) is 0 Å². The molecule has 0 bridgehead atoms. The minimum Gasteiger partial charge on any atom is -0.287 e. The summed E-state index contributed by atoms with van der Waals surface area (Å²) in [6.45, 7) is 2.60. The van der Waals surface area contributed by atoms with Crippen LogP contribution in [-0.4, -0.2) is 15.6 Å². The number of halogens is 2. The van der Waals surface area contributed by atoms with Crippen LogP contribution in [0.1, 0.15) is 23.0 Å². The number of hydrogen-bond donors (Lipinski definition) is 0. The number of aromatic nitrogens is 2. The molecule has 88 valence electrons. The average Bonchev–Trinajstić information content (AvgIpc) is 2.79. The molecule has 0 saturated carbocycles. The number of hydrogen-bond acceptors (Lipinski definition) is 2. The monoisotopic (exact) mass is 312 g/mol. The third kappa shape index (κ3) is 2.42. The molecule has 2 rings (SSSR count). The minimum absolute atomic E-state index is 0.0845. The van der Waals surface area contributed by atoms with E-state index in [0.717, 1.165) is 4.47 Å². The molecule has 0 spiro atoms. The predicted octanol–water partition coefficient (Wildman–Crippen LogP) is 3.55. The van der Waals surface area contributed by atoms with Crippen LogP contribution in [0.5, 0.6) is 0 Å². The lowest BCUT2D eigenvalue weighted by atomic mass is 10.1. The molecule has 1 heterocycles. The van der Waals surface area contributed by atoms with Crippen LogP contribution in [-0.2, 0) is 6.54 Å². The van der Waals surface area contributed by atoms with Gasteiger partial charge in [0.2, 0.25) is 5.78 Å². The molecule has 0 N–H and O–H groups in total. The van der Waals surface area contributed by atoms with Crippen molar-refractivity contribution in [3.8, 4) is 0 Å². The van der Waals surface area contributed by atoms with Gasteiger partial charge in [0.05, 0.1) is 0 Å². The molecule has 0 unspecified atom stereocenters. The van der Waals surface area contributed by atoms with Crippen LogP contribution in [0, 0.1) is 0 Å². The fraction of sp³-hybridized carbons (Fsp3) is 0.167. The van der Waals surface area contributed by atoms with Crippen molar-refractivity contribution in [1.82, 2.24) is 9.78 Å². The van der Waals surface area contributed by atoms with Gasteiger partial charge in [0, 0.05) is 27.8 Å². The summed E-state index contributed by atoms with van der Waals surface area (Å²) in [4.78, 5) is 12.3. The van der Waals surface area contributed by atoms with E-state index in [0.29, 0.717) is 22.8 Å². The van der Waals surface area contributed by atoms with Gasteiger partial charge in [-0.1, -0.05) is 27.5 Å². The van der Waals surface area contributed by atoms with Crippen LogP contribution in [0.15, 0.2) is 34.9 Å². The van der Waals surface area contributed by atoms with E-state index in [1.807, 2.05) is 6.92 Å². The van der Waals surface area contributed by atoms with E-state index in [4.69, 9.17) is 11.6 Å². The molecule has 0 aliphatic rings. The Bertz CT molecular complexity index is 565. The molecule has 3 nitrogen and oxygen atoms in total. The number of carbonyl (C=O) groups excluding carboxylic acids is 1. The van der Waals surface area contributed by atoms with Crippen molar-refractivity contribution in [2.45, 2.75) is 13.5 Å². The molecule has 0 aliphatic carbocycles. The second kappa shape index (κ2) is 5.02. The van der Waals surface area contributed by atoms with Crippen LogP contribution in [0.2, 0.25) is 5.02 Å². The van der Waals surface area contributed by atoms with Crippen LogP contribution in [0.3, 0.4) is 0 Å². The summed E-state index contributed by atoms with van der Waals surface area (Å²) in [7, 11) is 0. The molecule has 1 aromatic heterocycles. The Morgan fingerprint density at radius 1 is 1.47 bits per heavy atom. The second-order valence-corrected chi connectivity index (χ2v) is 4.78. The van der Waals surface area contributed by atoms with Gasteiger partial charge >= 0.3 is 0 Å². The Balaban J connectivity index is 2.47. The van der Waals surface area contributed by atoms with Crippen molar-refractivity contribution >= 4 is 33.3 Å². The lowest BCUT2D eigenvalue weighted by Gasteiger charge is -2.06. The quantitative estimate of drug-likeness (QED) is 0.812. The van der Waals surface area contributed by atoms with Gasteiger partial charge in [-0.15, -0.1) is 0 Å². The zero-order valence-corrected chi connectivity index (χ0v) is 11.5. The van der Waals surface area contributed by atoms with Gasteiger partial charge in [-0.3, -0.25) is 9.48 Å². The Labute approximate surface area is 113 Å². The average molecular weight is 314 g/mol. The maximum atomic E-state index is 12.3. The highest BCUT2D eigenvalue weighted by atomic mass is 79.9. The molecule has 0 amide bonds. The maximum absolute atomic E-state index is 12.3. The van der Waals surface area contributed by atoms with Crippen molar-refractivity contribution < 1.29 is 4.79 Å². The summed E-state index contributed by atoms with van der Waals surface area (Å²) in [5.41, 5.74) is 1.11. The molecule has 0 saturated heterocycles. The predicted molar refractivity (Wildman–Crippen MR) is 70.5 cm³/mol. The number of aryl methyl sites for hydroxylation is 1. The van der Waals surface area contributed by atoms with Gasteiger partial charge in [-0.2, -0.15) is 5.10 Å². The number of carbonyl (C=O) groups is 1. The zero-order chi connectivity index (χ0) is 12.4. The molecule has 0 fully saturated rings. The van der Waals surface area contributed by atoms with Gasteiger partial charge in [0.25, 0.3) is 0 Å². The lowest BCUT2D eigenvalue weighted by molar-refractivity contribution is 0.102. The fourth-order valence-electron chi connectivity index (χ4n) is 1.59. The van der Waals surface area contributed by atoms with Crippen LogP contribution < -0.4 is 0 Å². The SMILES string of the molecule is CCn1nccc1C(=O)c1cc(Cl)ccc1Br. The van der Waals surface area contributed by atoms with Gasteiger partial charge < -0.3 is 0 Å². The van der Waals surface area contributed by atoms with Crippen molar-refractivity contribution in [1.29, 1.82) is 0 Å². The van der Waals surface area contributed by atoms with Crippen LogP contribution >= 0.6 is 27.5 Å². The van der Waals surface area contributed by atoms with Crippen molar-refractivity contribution in [3.63, 3.8) is 0 Å². The van der Waals surface area contributed by atoms with E-state index in [-0.39, 0.29) is 5.78 Å². The first-order chi connectivity index (χ1) is 8.13. The van der Waals surface area contributed by atoms with E-state index in [2.05, 4.69) is 21.0 Å². The third-order valence-corrected chi connectivity index (χ3v) is 3.35. The third-order valence-electron chi connectivity index (χ3n) is 2.42. The summed E-state index contributed by atoms with van der Waals surface area (Å²) >= 11 is 9.25. The highest BCUT2D eigenvalue weighted by Gasteiger charge is 2.16. The van der Waals surface area contributed by atoms with Crippen LogP contribution in [0.25, 0.3) is 0 Å². The first-order valence-corrected chi connectivity index (χ1v) is 6.32. The number of benzene rings is 1. The number of nitrogens with zero attached hydrogens (tertiary/aromatic N) is 2. The molecular formula is C12H10BrClN2O. The Morgan fingerprint density at radius 2 is 2.24 bits per heavy atom. The first-order valence-electron chi connectivity index (χ1n) is 5.15. The molecule has 17 heavy (non-hydrogen) atoms. The van der Waals surface area contributed by atoms with E-state index in [9.17, 15) is 4.79 Å². The molecule has 0 radical (unpaired) electrons. The number of rotatable bonds is 3. The smallest absolute Gasteiger partial charge is 0.212 e. The fourth-order valence-corrected chi connectivity index (χ4v) is 2.19. The van der Waals surface area contributed by atoms with Crippen molar-refractivity contribution in [2.75, 3.05) is 0 Å². The molecule has 1 aromatic carbocycles. The van der Waals surface area contributed by atoms with Gasteiger partial charge in [-0.25, -0.2) is 0 Å². The van der Waals surface area contributed by atoms with E-state index < -0.39 is 0 Å². The lowest BCUT2D eigenvalue weighted by Crippen LogP contribution is -2.11. The first kappa shape index (κ1) is 12.3. The number of ketones is 1. The molecular weight excluding hydrogens is 304 g/mol. The summed E-state index contributed by atoms with van der Waals surface area (Å²) in [5.74, 6) is -0.0845. The molecule has 2 aromatic rings. The Kier molecular flexibility index (Phi) is 3.64. The van der Waals surface area contributed by atoms with Crippen molar-refractivity contribution in [2.24, 2.45) is 0 Å². The molecule has 0 atom stereocenters. The van der Waals surface area contributed by atoms with E-state index in [1.54, 1.807) is 35.1 Å². The highest BCUT2D eigenvalue weighted by molar-refractivity contribution is 9.10. The Morgan fingerprint density at radius 3 is 2.94 bits per heavy atom. The maximum Gasteiger partial charge on any atom is 0.212 e. The standard InChI is InChI=1S/C12H10BrClN2O/c1-2-16-11(5-6-15-16)12(17)9-7-8(14)3-4-10(9)13/h3-7H,2H2,1H3. The molecule has 5 heteroatoms. The second-order valence-electron chi connectivity index (χ2n) is 3.49. The normalized spacial score (nSPS) is 10.5. The summed E-state index contributed by atoms with van der Waals surface area (Å²) in [6.07, 6.45) is 1.62. The van der Waals surface area contributed by atoms with Gasteiger partial charge in [0.15, 0.2) is 0 Å². The topological polar surface area (TPSA) is 34.9 Å². The zero-order valence-electron chi connectivity index (χ0n) is 9.15. The summed E-state index contributed by atoms with van der Waals surface area (Å²) in [5, 5.41) is 4.62. The Hall–Kier alpha value is -1.13. The van der Waals surface area contributed by atoms with E-state index >= 15 is 0 Å². The highest BCUT2D eigenvalue weighted by Crippen LogP contribution is 2.23. The van der Waals surface area contributed by atoms with Gasteiger partial charge in [0.1, 0.15) is 5.69 Å². The minimum atomic E-state index is -0.0845. The molecule has 0 aliphatic heterocycles. The largest absolute Gasteiger partial charge is 0.287 e. The van der Waals surface area contributed by atoms with Gasteiger partial charge in [-0.05, 0) is 31.2 Å².